The largest absolute Gasteiger partial charge is 0.491 e. The number of nitro benzene ring substituents is 1. The zero-order valence-electron chi connectivity index (χ0n) is 10.2. The molecule has 0 heterocycles. The number of ether oxygens (including phenoxy) is 1. The maximum Gasteiger partial charge on any atom is 0.402 e. The van der Waals surface area contributed by atoms with Gasteiger partial charge in [-0.1, -0.05) is 5.16 Å². The number of hydrogen-bond donors (Lipinski definition) is 2. The number of alkyl halides is 3. The second-order valence-corrected chi connectivity index (χ2v) is 4.66. The van der Waals surface area contributed by atoms with Gasteiger partial charge in [0, 0.05) is 6.07 Å². The van der Waals surface area contributed by atoms with Gasteiger partial charge in [0.1, 0.15) is 18.3 Å². The Hall–Kier alpha value is -2.04. The van der Waals surface area contributed by atoms with Crippen molar-refractivity contribution in [2.75, 3.05) is 6.61 Å². The quantitative estimate of drug-likeness (QED) is 0.271. The first-order valence-corrected chi connectivity index (χ1v) is 6.07. The van der Waals surface area contributed by atoms with E-state index in [1.54, 1.807) is 0 Å². The average Bonchev–Trinajstić information content (AvgIpc) is 2.38. The first-order valence-electron chi connectivity index (χ1n) is 5.27. The van der Waals surface area contributed by atoms with Crippen LogP contribution in [0.1, 0.15) is 0 Å². The van der Waals surface area contributed by atoms with E-state index in [1.807, 2.05) is 0 Å². The van der Waals surface area contributed by atoms with E-state index in [9.17, 15) is 23.3 Å². The maximum atomic E-state index is 12.7. The third-order valence-corrected chi connectivity index (χ3v) is 3.05. The average molecular weight is 372 g/mol. The highest BCUT2D eigenvalue weighted by Crippen LogP contribution is 2.32. The number of hydrogen-bond acceptors (Lipinski definition) is 5. The second-order valence-electron chi connectivity index (χ2n) is 3.80. The van der Waals surface area contributed by atoms with Crippen LogP contribution in [0, 0.1) is 16.0 Å². The number of amidine groups is 1. The van der Waals surface area contributed by atoms with Crippen molar-refractivity contribution in [3.05, 3.63) is 32.8 Å². The number of benzene rings is 1. The van der Waals surface area contributed by atoms with Crippen molar-refractivity contribution in [2.45, 2.75) is 6.18 Å². The van der Waals surface area contributed by atoms with Gasteiger partial charge in [0.05, 0.1) is 15.5 Å². The smallest absolute Gasteiger partial charge is 0.402 e. The molecule has 1 aromatic carbocycles. The number of halogens is 4. The summed E-state index contributed by atoms with van der Waals surface area (Å²) >= 11 is 2.99. The summed E-state index contributed by atoms with van der Waals surface area (Å²) in [5.41, 5.74) is 4.62. The molecular weight excluding hydrogens is 363 g/mol. The van der Waals surface area contributed by atoms with Crippen LogP contribution in [0.2, 0.25) is 0 Å². The molecule has 0 bridgehead atoms. The number of nitro groups is 1. The topological polar surface area (TPSA) is 111 Å². The first-order chi connectivity index (χ1) is 9.66. The molecule has 0 aliphatic heterocycles. The van der Waals surface area contributed by atoms with E-state index >= 15 is 0 Å². The van der Waals surface area contributed by atoms with E-state index in [0.717, 1.165) is 12.1 Å². The van der Waals surface area contributed by atoms with Crippen LogP contribution in [0.3, 0.4) is 0 Å². The predicted octanol–water partition coefficient (Wildman–Crippen LogP) is 2.66. The minimum atomic E-state index is -4.79. The molecule has 0 saturated carbocycles. The lowest BCUT2D eigenvalue weighted by Gasteiger charge is -2.19. The van der Waals surface area contributed by atoms with Gasteiger partial charge in [-0.25, -0.2) is 0 Å². The van der Waals surface area contributed by atoms with Crippen molar-refractivity contribution in [1.29, 1.82) is 0 Å². The molecule has 0 aliphatic carbocycles. The summed E-state index contributed by atoms with van der Waals surface area (Å²) < 4.78 is 43.2. The fourth-order valence-corrected chi connectivity index (χ4v) is 1.67. The van der Waals surface area contributed by atoms with Crippen molar-refractivity contribution in [2.24, 2.45) is 16.8 Å². The van der Waals surface area contributed by atoms with Crippen LogP contribution >= 0.6 is 15.9 Å². The van der Waals surface area contributed by atoms with Gasteiger partial charge in [-0.3, -0.25) is 10.1 Å². The predicted molar refractivity (Wildman–Crippen MR) is 69.2 cm³/mol. The molecule has 1 aromatic rings. The van der Waals surface area contributed by atoms with E-state index in [1.165, 1.54) is 6.07 Å². The molecule has 0 aliphatic rings. The van der Waals surface area contributed by atoms with Gasteiger partial charge >= 0.3 is 6.18 Å². The van der Waals surface area contributed by atoms with Crippen molar-refractivity contribution in [3.63, 3.8) is 0 Å². The van der Waals surface area contributed by atoms with E-state index in [0.29, 0.717) is 0 Å². The molecular formula is C10H9BrF3N3O4. The maximum absolute atomic E-state index is 12.7. The van der Waals surface area contributed by atoms with Crippen molar-refractivity contribution in [1.82, 2.24) is 0 Å². The normalized spacial score (nSPS) is 13.8. The van der Waals surface area contributed by atoms with Crippen LogP contribution in [-0.4, -0.2) is 28.7 Å². The molecule has 7 nitrogen and oxygen atoms in total. The highest BCUT2D eigenvalue weighted by Gasteiger charge is 2.43. The molecule has 1 atom stereocenters. The van der Waals surface area contributed by atoms with Gasteiger partial charge in [0.2, 0.25) is 0 Å². The lowest BCUT2D eigenvalue weighted by atomic mass is 10.1. The standard InChI is InChI=1S/C10H9BrF3N3O4/c11-7-2-1-5(17(19)20)3-8(7)21-4-6(9(15)16-18)10(12,13)14/h1-3,6,18H,4H2,(H2,15,16). The van der Waals surface area contributed by atoms with Gasteiger partial charge < -0.3 is 15.7 Å². The summed E-state index contributed by atoms with van der Waals surface area (Å²) in [5.74, 6) is -3.57. The monoisotopic (exact) mass is 371 g/mol. The molecule has 0 saturated heterocycles. The summed E-state index contributed by atoms with van der Waals surface area (Å²) in [5, 5.41) is 21.3. The Bertz CT molecular complexity index is 565. The van der Waals surface area contributed by atoms with Gasteiger partial charge in [-0.05, 0) is 22.0 Å². The molecule has 0 fully saturated rings. The summed E-state index contributed by atoms with van der Waals surface area (Å²) in [6.45, 7) is -0.987. The Morgan fingerprint density at radius 1 is 1.57 bits per heavy atom. The van der Waals surface area contributed by atoms with Crippen LogP contribution in [0.25, 0.3) is 0 Å². The van der Waals surface area contributed by atoms with Crippen molar-refractivity contribution >= 4 is 27.5 Å². The molecule has 1 unspecified atom stereocenters. The molecule has 0 amide bonds. The fraction of sp³-hybridized carbons (Fsp3) is 0.300. The third kappa shape index (κ3) is 4.48. The minimum absolute atomic E-state index is 0.163. The van der Waals surface area contributed by atoms with Gasteiger partial charge in [-0.2, -0.15) is 13.2 Å². The lowest BCUT2D eigenvalue weighted by Crippen LogP contribution is -2.40. The number of oxime groups is 1. The molecule has 0 spiro atoms. The fourth-order valence-electron chi connectivity index (χ4n) is 1.31. The van der Waals surface area contributed by atoms with Gasteiger partial charge in [0.25, 0.3) is 5.69 Å². The number of non-ortho nitro benzene ring substituents is 1. The third-order valence-electron chi connectivity index (χ3n) is 2.40. The second kappa shape index (κ2) is 6.61. The Morgan fingerprint density at radius 3 is 2.67 bits per heavy atom. The van der Waals surface area contributed by atoms with E-state index in [2.05, 4.69) is 21.1 Å². The molecule has 0 radical (unpaired) electrons. The summed E-state index contributed by atoms with van der Waals surface area (Å²) in [6.07, 6.45) is -4.79. The van der Waals surface area contributed by atoms with Crippen molar-refractivity contribution in [3.8, 4) is 5.75 Å². The molecule has 11 heteroatoms. The van der Waals surface area contributed by atoms with E-state index in [-0.39, 0.29) is 15.9 Å². The zero-order chi connectivity index (χ0) is 16.2. The Balaban J connectivity index is 2.95. The SMILES string of the molecule is N/C(=N/O)C(COc1cc([N+](=O)[O-])ccc1Br)C(F)(F)F. The van der Waals surface area contributed by atoms with Gasteiger partial charge in [0.15, 0.2) is 5.84 Å². The Labute approximate surface area is 124 Å². The number of rotatable bonds is 5. The molecule has 0 aromatic heterocycles. The van der Waals surface area contributed by atoms with E-state index < -0.39 is 29.5 Å². The van der Waals surface area contributed by atoms with Crippen LogP contribution in [-0.2, 0) is 0 Å². The van der Waals surface area contributed by atoms with Crippen LogP contribution < -0.4 is 10.5 Å². The summed E-state index contributed by atoms with van der Waals surface area (Å²) in [4.78, 5) is 9.88. The molecule has 3 N–H and O–H groups in total. The molecule has 21 heavy (non-hydrogen) atoms. The first kappa shape index (κ1) is 17.0. The molecule has 116 valence electrons. The van der Waals surface area contributed by atoms with Crippen LogP contribution in [0.15, 0.2) is 27.8 Å². The minimum Gasteiger partial charge on any atom is -0.491 e. The highest BCUT2D eigenvalue weighted by atomic mass is 79.9. The Morgan fingerprint density at radius 2 is 2.19 bits per heavy atom. The lowest BCUT2D eigenvalue weighted by molar-refractivity contribution is -0.385. The van der Waals surface area contributed by atoms with Crippen LogP contribution in [0.5, 0.6) is 5.75 Å². The van der Waals surface area contributed by atoms with Gasteiger partial charge in [-0.15, -0.1) is 0 Å². The van der Waals surface area contributed by atoms with Crippen molar-refractivity contribution < 1.29 is 28.0 Å². The zero-order valence-corrected chi connectivity index (χ0v) is 11.8. The van der Waals surface area contributed by atoms with Crippen LogP contribution in [0.4, 0.5) is 18.9 Å². The van der Waals surface area contributed by atoms with E-state index in [4.69, 9.17) is 15.7 Å². The number of nitrogens with two attached hydrogens (primary N) is 1. The molecule has 1 rings (SSSR count). The summed E-state index contributed by atoms with van der Waals surface area (Å²) in [7, 11) is 0. The number of nitrogens with zero attached hydrogens (tertiary/aromatic N) is 2. The highest BCUT2D eigenvalue weighted by molar-refractivity contribution is 9.10. The Kier molecular flexibility index (Phi) is 5.35. The summed E-state index contributed by atoms with van der Waals surface area (Å²) in [6, 6.07) is 3.38.